The molecular formula is C17H14Cl3F3N2O3S. The van der Waals surface area contributed by atoms with Crippen LogP contribution in [0.25, 0.3) is 0 Å². The van der Waals surface area contributed by atoms with Crippen molar-refractivity contribution in [3.8, 4) is 0 Å². The van der Waals surface area contributed by atoms with Gasteiger partial charge in [-0.15, -0.1) is 0 Å². The Bertz CT molecular complexity index is 1010. The largest absolute Gasteiger partial charge is 0.516 e. The third-order valence-electron chi connectivity index (χ3n) is 3.62. The van der Waals surface area contributed by atoms with Crippen molar-refractivity contribution in [3.63, 3.8) is 0 Å². The van der Waals surface area contributed by atoms with Gasteiger partial charge in [0.05, 0.1) is 11.4 Å². The zero-order valence-electron chi connectivity index (χ0n) is 14.7. The van der Waals surface area contributed by atoms with E-state index in [1.807, 2.05) is 0 Å². The molecule has 0 spiro atoms. The van der Waals surface area contributed by atoms with Crippen molar-refractivity contribution in [2.75, 3.05) is 4.72 Å². The number of hydrogen-bond donors (Lipinski definition) is 1. The summed E-state index contributed by atoms with van der Waals surface area (Å²) in [6, 6.07) is 8.51. The first-order valence-corrected chi connectivity index (χ1v) is 10.6. The summed E-state index contributed by atoms with van der Waals surface area (Å²) in [6.45, 7) is 1.56. The highest BCUT2D eigenvalue weighted by molar-refractivity contribution is 7.93. The Labute approximate surface area is 180 Å². The third-order valence-corrected chi connectivity index (χ3v) is 5.66. The number of nitrogens with zero attached hydrogens (tertiary/aromatic N) is 1. The van der Waals surface area contributed by atoms with E-state index in [0.717, 1.165) is 6.07 Å². The number of hydrogen-bond acceptors (Lipinski definition) is 4. The molecule has 0 atom stereocenters. The minimum absolute atomic E-state index is 0.0399. The molecule has 158 valence electrons. The van der Waals surface area contributed by atoms with Gasteiger partial charge in [0.15, 0.2) is 0 Å². The van der Waals surface area contributed by atoms with Crippen LogP contribution in [-0.4, -0.2) is 19.6 Å². The maximum absolute atomic E-state index is 12.7. The van der Waals surface area contributed by atoms with Crippen molar-refractivity contribution in [2.24, 2.45) is 5.16 Å². The second-order valence-corrected chi connectivity index (χ2v) is 8.53. The number of oxime groups is 1. The van der Waals surface area contributed by atoms with Gasteiger partial charge in [-0.3, -0.25) is 4.72 Å². The molecule has 2 rings (SSSR count). The molecule has 0 aliphatic rings. The first-order chi connectivity index (χ1) is 13.5. The quantitative estimate of drug-likeness (QED) is 0.370. The minimum atomic E-state index is -5.63. The Balaban J connectivity index is 2.35. The Morgan fingerprint density at radius 1 is 1.14 bits per heavy atom. The maximum Gasteiger partial charge on any atom is 0.516 e. The van der Waals surface area contributed by atoms with Gasteiger partial charge < -0.3 is 4.84 Å². The van der Waals surface area contributed by atoms with Gasteiger partial charge in [0, 0.05) is 26.2 Å². The van der Waals surface area contributed by atoms with Crippen molar-refractivity contribution in [1.29, 1.82) is 0 Å². The van der Waals surface area contributed by atoms with Crippen LogP contribution in [0.1, 0.15) is 24.5 Å². The second-order valence-electron chi connectivity index (χ2n) is 5.61. The molecule has 5 nitrogen and oxygen atoms in total. The average molecular weight is 490 g/mol. The van der Waals surface area contributed by atoms with Gasteiger partial charge in [-0.25, -0.2) is 0 Å². The van der Waals surface area contributed by atoms with Gasteiger partial charge in [-0.1, -0.05) is 52.9 Å². The SMILES string of the molecule is CCC(=NOCc1c(Cl)cccc1Cl)c1cc(Cl)ccc1NS(=O)(=O)C(F)(F)F. The topological polar surface area (TPSA) is 67.8 Å². The Hall–Kier alpha value is -1.68. The number of benzene rings is 2. The van der Waals surface area contributed by atoms with Crippen LogP contribution in [-0.2, 0) is 21.5 Å². The molecular weight excluding hydrogens is 476 g/mol. The summed E-state index contributed by atoms with van der Waals surface area (Å²) in [7, 11) is -5.63. The third kappa shape index (κ3) is 5.91. The fraction of sp³-hybridized carbons (Fsp3) is 0.235. The molecule has 0 heterocycles. The van der Waals surface area contributed by atoms with Crippen molar-refractivity contribution in [2.45, 2.75) is 25.5 Å². The second kappa shape index (κ2) is 9.42. The fourth-order valence-electron chi connectivity index (χ4n) is 2.20. The zero-order valence-corrected chi connectivity index (χ0v) is 17.8. The van der Waals surface area contributed by atoms with Crippen molar-refractivity contribution >= 4 is 56.2 Å². The van der Waals surface area contributed by atoms with Crippen LogP contribution >= 0.6 is 34.8 Å². The van der Waals surface area contributed by atoms with E-state index in [9.17, 15) is 21.6 Å². The van der Waals surface area contributed by atoms with Crippen molar-refractivity contribution in [1.82, 2.24) is 0 Å². The maximum atomic E-state index is 12.7. The summed E-state index contributed by atoms with van der Waals surface area (Å²) in [5.74, 6) is 0. The van der Waals surface area contributed by atoms with Crippen LogP contribution in [0.5, 0.6) is 0 Å². The fourth-order valence-corrected chi connectivity index (χ4v) is 3.46. The highest BCUT2D eigenvalue weighted by atomic mass is 35.5. The van der Waals surface area contributed by atoms with E-state index in [1.54, 1.807) is 25.1 Å². The molecule has 0 fully saturated rings. The van der Waals surface area contributed by atoms with E-state index in [1.165, 1.54) is 16.9 Å². The van der Waals surface area contributed by atoms with Crippen LogP contribution in [0.2, 0.25) is 15.1 Å². The number of halogens is 6. The highest BCUT2D eigenvalue weighted by Gasteiger charge is 2.46. The normalized spacial score (nSPS) is 12.7. The van der Waals surface area contributed by atoms with E-state index >= 15 is 0 Å². The lowest BCUT2D eigenvalue weighted by Gasteiger charge is -2.15. The van der Waals surface area contributed by atoms with Gasteiger partial charge in [-0.2, -0.15) is 21.6 Å². The van der Waals surface area contributed by atoms with Crippen molar-refractivity contribution < 1.29 is 26.4 Å². The van der Waals surface area contributed by atoms with Crippen LogP contribution < -0.4 is 4.72 Å². The van der Waals surface area contributed by atoms with E-state index in [2.05, 4.69) is 5.16 Å². The summed E-state index contributed by atoms with van der Waals surface area (Å²) >= 11 is 18.0. The molecule has 29 heavy (non-hydrogen) atoms. The van der Waals surface area contributed by atoms with E-state index < -0.39 is 15.5 Å². The highest BCUT2D eigenvalue weighted by Crippen LogP contribution is 2.30. The van der Waals surface area contributed by atoms with Crippen LogP contribution in [0.15, 0.2) is 41.6 Å². The van der Waals surface area contributed by atoms with Crippen LogP contribution in [0.3, 0.4) is 0 Å². The first kappa shape index (κ1) is 23.6. The molecule has 2 aromatic rings. The summed E-state index contributed by atoms with van der Waals surface area (Å²) in [5.41, 5.74) is -5.15. The van der Waals surface area contributed by atoms with Gasteiger partial charge in [0.2, 0.25) is 0 Å². The lowest BCUT2D eigenvalue weighted by Crippen LogP contribution is -2.30. The van der Waals surface area contributed by atoms with Gasteiger partial charge >= 0.3 is 15.5 Å². The lowest BCUT2D eigenvalue weighted by atomic mass is 10.1. The molecule has 0 saturated heterocycles. The Morgan fingerprint density at radius 2 is 1.76 bits per heavy atom. The first-order valence-electron chi connectivity index (χ1n) is 7.97. The number of nitrogens with one attached hydrogen (secondary N) is 1. The van der Waals surface area contributed by atoms with Crippen molar-refractivity contribution in [3.05, 3.63) is 62.6 Å². The molecule has 0 aliphatic heterocycles. The molecule has 0 aromatic heterocycles. The van der Waals surface area contributed by atoms with Crippen LogP contribution in [0.4, 0.5) is 18.9 Å². The average Bonchev–Trinajstić information content (AvgIpc) is 2.61. The minimum Gasteiger partial charge on any atom is -0.391 e. The monoisotopic (exact) mass is 488 g/mol. The predicted octanol–water partition coefficient (Wildman–Crippen LogP) is 6.24. The summed E-state index contributed by atoms with van der Waals surface area (Å²) in [5, 5.41) is 4.79. The summed E-state index contributed by atoms with van der Waals surface area (Å²) in [6.07, 6.45) is 0.206. The molecule has 0 saturated carbocycles. The van der Waals surface area contributed by atoms with Gasteiger partial charge in [0.1, 0.15) is 6.61 Å². The summed E-state index contributed by atoms with van der Waals surface area (Å²) in [4.78, 5) is 5.26. The number of rotatable bonds is 7. The molecule has 12 heteroatoms. The Morgan fingerprint density at radius 3 is 2.31 bits per heavy atom. The molecule has 2 aromatic carbocycles. The van der Waals surface area contributed by atoms with E-state index in [-0.39, 0.29) is 35.0 Å². The van der Waals surface area contributed by atoms with Gasteiger partial charge in [0.25, 0.3) is 0 Å². The predicted molar refractivity (Wildman–Crippen MR) is 108 cm³/mol. The zero-order chi connectivity index (χ0) is 21.8. The standard InChI is InChI=1S/C17H14Cl3F3N2O3S/c1-2-15(24-28-9-12-13(19)4-3-5-14(12)20)11-8-10(18)6-7-16(11)25-29(26,27)17(21,22)23/h3-8,25H,2,9H2,1H3. The molecule has 0 bridgehead atoms. The van der Waals surface area contributed by atoms with Gasteiger partial charge in [-0.05, 0) is 36.8 Å². The number of sulfonamides is 1. The lowest BCUT2D eigenvalue weighted by molar-refractivity contribution is -0.0429. The molecule has 0 aliphatic carbocycles. The molecule has 1 N–H and O–H groups in total. The van der Waals surface area contributed by atoms with E-state index in [0.29, 0.717) is 15.6 Å². The number of anilines is 1. The van der Waals surface area contributed by atoms with Crippen LogP contribution in [0, 0.1) is 0 Å². The molecule has 0 radical (unpaired) electrons. The summed E-state index contributed by atoms with van der Waals surface area (Å²) < 4.78 is 62.6. The molecule has 0 amide bonds. The number of alkyl halides is 3. The Kier molecular flexibility index (Phi) is 7.67. The smallest absolute Gasteiger partial charge is 0.391 e. The van der Waals surface area contributed by atoms with E-state index in [4.69, 9.17) is 39.6 Å². The molecule has 0 unspecified atom stereocenters.